The van der Waals surface area contributed by atoms with Crippen molar-refractivity contribution in [1.29, 1.82) is 0 Å². The molecular weight excluding hydrogens is 186 g/mol. The van der Waals surface area contributed by atoms with E-state index in [0.717, 1.165) is 0 Å². The number of rotatable bonds is 3. The molecule has 0 saturated carbocycles. The molecule has 1 rings (SSSR count). The zero-order valence-electron chi connectivity index (χ0n) is 8.22. The number of carbonyl (C=O) groups excluding carboxylic acids is 1. The minimum atomic E-state index is -0.606. The van der Waals surface area contributed by atoms with Gasteiger partial charge in [0.2, 0.25) is 0 Å². The molecule has 0 amide bonds. The van der Waals surface area contributed by atoms with Crippen molar-refractivity contribution in [3.05, 3.63) is 21.9 Å². The lowest BCUT2D eigenvalue weighted by molar-refractivity contribution is -0.389. The highest BCUT2D eigenvalue weighted by atomic mass is 16.6. The van der Waals surface area contributed by atoms with E-state index in [2.05, 4.69) is 5.10 Å². The lowest BCUT2D eigenvalue weighted by Crippen LogP contribution is -2.10. The summed E-state index contributed by atoms with van der Waals surface area (Å²) in [6.07, 6.45) is 0. The Morgan fingerprint density at radius 2 is 2.21 bits per heavy atom. The molecule has 0 saturated heterocycles. The molecule has 0 aromatic carbocycles. The van der Waals surface area contributed by atoms with Gasteiger partial charge < -0.3 is 10.1 Å². The SMILES string of the molecule is CC(=O)c1cc([N+](=O)[O-])nn1C(C)C. The van der Waals surface area contributed by atoms with Gasteiger partial charge in [-0.15, -0.1) is 0 Å². The molecule has 6 heteroatoms. The third-order valence-electron chi connectivity index (χ3n) is 1.76. The summed E-state index contributed by atoms with van der Waals surface area (Å²) in [4.78, 5) is 20.9. The van der Waals surface area contributed by atoms with Gasteiger partial charge in [-0.2, -0.15) is 4.68 Å². The average Bonchev–Trinajstić information content (AvgIpc) is 2.47. The van der Waals surface area contributed by atoms with Crippen LogP contribution < -0.4 is 0 Å². The average molecular weight is 197 g/mol. The highest BCUT2D eigenvalue weighted by Gasteiger charge is 2.22. The molecule has 0 aliphatic heterocycles. The fourth-order valence-electron chi connectivity index (χ4n) is 1.13. The quantitative estimate of drug-likeness (QED) is 0.418. The predicted octanol–water partition coefficient (Wildman–Crippen LogP) is 1.57. The van der Waals surface area contributed by atoms with Gasteiger partial charge in [0.1, 0.15) is 5.69 Å². The van der Waals surface area contributed by atoms with Gasteiger partial charge >= 0.3 is 5.82 Å². The molecular formula is C8H11N3O3. The third-order valence-corrected chi connectivity index (χ3v) is 1.76. The lowest BCUT2D eigenvalue weighted by Gasteiger charge is -2.02. The molecule has 1 heterocycles. The summed E-state index contributed by atoms with van der Waals surface area (Å²) in [7, 11) is 0. The number of ketones is 1. The molecule has 0 fully saturated rings. The van der Waals surface area contributed by atoms with Crippen LogP contribution >= 0.6 is 0 Å². The summed E-state index contributed by atoms with van der Waals surface area (Å²) in [6, 6.07) is 1.13. The molecule has 1 aromatic heterocycles. The van der Waals surface area contributed by atoms with Gasteiger partial charge in [0, 0.05) is 6.92 Å². The smallest absolute Gasteiger partial charge is 0.358 e. The minimum Gasteiger partial charge on any atom is -0.358 e. The summed E-state index contributed by atoms with van der Waals surface area (Å²) in [5.41, 5.74) is 0.270. The van der Waals surface area contributed by atoms with Crippen molar-refractivity contribution in [2.75, 3.05) is 0 Å². The van der Waals surface area contributed by atoms with Gasteiger partial charge in [0.05, 0.1) is 17.2 Å². The third kappa shape index (κ3) is 1.78. The maximum atomic E-state index is 11.1. The Balaban J connectivity index is 3.26. The Bertz CT molecular complexity index is 381. The normalized spacial score (nSPS) is 10.6. The van der Waals surface area contributed by atoms with Crippen molar-refractivity contribution in [1.82, 2.24) is 9.78 Å². The molecule has 14 heavy (non-hydrogen) atoms. The highest BCUT2D eigenvalue weighted by molar-refractivity contribution is 5.92. The van der Waals surface area contributed by atoms with E-state index in [-0.39, 0.29) is 23.3 Å². The van der Waals surface area contributed by atoms with E-state index in [1.165, 1.54) is 17.7 Å². The number of carbonyl (C=O) groups is 1. The summed E-state index contributed by atoms with van der Waals surface area (Å²) >= 11 is 0. The predicted molar refractivity (Wildman–Crippen MR) is 49.3 cm³/mol. The fraction of sp³-hybridized carbons (Fsp3) is 0.500. The van der Waals surface area contributed by atoms with Crippen molar-refractivity contribution in [2.45, 2.75) is 26.8 Å². The number of nitro groups is 1. The molecule has 0 aliphatic carbocycles. The van der Waals surface area contributed by atoms with Crippen molar-refractivity contribution < 1.29 is 9.72 Å². The number of hydrogen-bond acceptors (Lipinski definition) is 4. The van der Waals surface area contributed by atoms with Crippen LogP contribution in [0.25, 0.3) is 0 Å². The van der Waals surface area contributed by atoms with Gasteiger partial charge in [-0.1, -0.05) is 0 Å². The van der Waals surface area contributed by atoms with Crippen LogP contribution in [0.3, 0.4) is 0 Å². The van der Waals surface area contributed by atoms with Crippen molar-refractivity contribution >= 4 is 11.6 Å². The highest BCUT2D eigenvalue weighted by Crippen LogP contribution is 2.16. The van der Waals surface area contributed by atoms with Gasteiger partial charge in [0.25, 0.3) is 0 Å². The van der Waals surface area contributed by atoms with Crippen LogP contribution in [0, 0.1) is 10.1 Å². The maximum absolute atomic E-state index is 11.1. The summed E-state index contributed by atoms with van der Waals surface area (Å²) in [5.74, 6) is -0.511. The van der Waals surface area contributed by atoms with E-state index in [4.69, 9.17) is 0 Å². The van der Waals surface area contributed by atoms with Crippen LogP contribution in [-0.2, 0) is 0 Å². The van der Waals surface area contributed by atoms with Crippen LogP contribution in [0.2, 0.25) is 0 Å². The number of hydrogen-bond donors (Lipinski definition) is 0. The van der Waals surface area contributed by atoms with Crippen LogP contribution in [0.1, 0.15) is 37.3 Å². The van der Waals surface area contributed by atoms with Crippen LogP contribution in [0.4, 0.5) is 5.82 Å². The van der Waals surface area contributed by atoms with Crippen LogP contribution in [-0.4, -0.2) is 20.5 Å². The Morgan fingerprint density at radius 3 is 2.50 bits per heavy atom. The largest absolute Gasteiger partial charge is 0.390 e. The lowest BCUT2D eigenvalue weighted by atomic mass is 10.3. The number of Topliss-reactive ketones (excluding diaryl/α,β-unsaturated/α-hetero) is 1. The molecule has 0 N–H and O–H groups in total. The summed E-state index contributed by atoms with van der Waals surface area (Å²) in [5, 5.41) is 14.2. The van der Waals surface area contributed by atoms with Crippen LogP contribution in [0.5, 0.6) is 0 Å². The number of nitrogens with zero attached hydrogens (tertiary/aromatic N) is 3. The number of aromatic nitrogens is 2. The van der Waals surface area contributed by atoms with E-state index in [1.54, 1.807) is 0 Å². The maximum Gasteiger partial charge on any atom is 0.390 e. The Morgan fingerprint density at radius 1 is 1.64 bits per heavy atom. The molecule has 0 atom stereocenters. The second-order valence-electron chi connectivity index (χ2n) is 3.24. The van der Waals surface area contributed by atoms with Gasteiger partial charge in [-0.3, -0.25) is 4.79 Å². The zero-order chi connectivity index (χ0) is 10.9. The summed E-state index contributed by atoms with van der Waals surface area (Å²) in [6.45, 7) is 4.98. The van der Waals surface area contributed by atoms with Gasteiger partial charge in [-0.05, 0) is 18.8 Å². The standard InChI is InChI=1S/C8H11N3O3/c1-5(2)10-7(6(3)12)4-8(9-10)11(13)14/h4-5H,1-3H3. The Labute approximate surface area is 80.7 Å². The van der Waals surface area contributed by atoms with Gasteiger partial charge in [-0.25, -0.2) is 0 Å². The van der Waals surface area contributed by atoms with Crippen molar-refractivity contribution in [3.63, 3.8) is 0 Å². The topological polar surface area (TPSA) is 78.0 Å². The Kier molecular flexibility index (Phi) is 2.64. The Hall–Kier alpha value is -1.72. The van der Waals surface area contributed by atoms with E-state index >= 15 is 0 Å². The molecule has 0 unspecified atom stereocenters. The van der Waals surface area contributed by atoms with E-state index in [9.17, 15) is 14.9 Å². The van der Waals surface area contributed by atoms with Crippen molar-refractivity contribution in [2.24, 2.45) is 0 Å². The van der Waals surface area contributed by atoms with E-state index < -0.39 is 4.92 Å². The molecule has 0 radical (unpaired) electrons. The minimum absolute atomic E-state index is 0.0670. The first-order chi connectivity index (χ1) is 6.43. The molecule has 0 aliphatic rings. The van der Waals surface area contributed by atoms with Gasteiger partial charge in [0.15, 0.2) is 5.78 Å². The first-order valence-electron chi connectivity index (χ1n) is 4.18. The first kappa shape index (κ1) is 10.4. The molecule has 6 nitrogen and oxygen atoms in total. The monoisotopic (exact) mass is 197 g/mol. The summed E-state index contributed by atoms with van der Waals surface area (Å²) < 4.78 is 1.36. The van der Waals surface area contributed by atoms with E-state index in [1.807, 2.05) is 13.8 Å². The second-order valence-corrected chi connectivity index (χ2v) is 3.24. The molecule has 76 valence electrons. The van der Waals surface area contributed by atoms with Crippen LogP contribution in [0.15, 0.2) is 6.07 Å². The molecule has 0 spiro atoms. The second kappa shape index (κ2) is 3.57. The molecule has 0 bridgehead atoms. The van der Waals surface area contributed by atoms with Crippen molar-refractivity contribution in [3.8, 4) is 0 Å². The fourth-order valence-corrected chi connectivity index (χ4v) is 1.13. The first-order valence-corrected chi connectivity index (χ1v) is 4.18. The zero-order valence-corrected chi connectivity index (χ0v) is 8.22. The van der Waals surface area contributed by atoms with E-state index in [0.29, 0.717) is 0 Å². The molecule has 1 aromatic rings.